The number of carbonyl (C=O) groups is 2. The van der Waals surface area contributed by atoms with Crippen molar-refractivity contribution in [1.82, 2.24) is 5.32 Å². The number of rotatable bonds is 4. The van der Waals surface area contributed by atoms with Crippen LogP contribution < -0.4 is 5.32 Å². The number of esters is 1. The predicted molar refractivity (Wildman–Crippen MR) is 69.8 cm³/mol. The molecule has 2 heterocycles. The van der Waals surface area contributed by atoms with Gasteiger partial charge in [0.2, 0.25) is 5.91 Å². The quantitative estimate of drug-likeness (QED) is 0.865. The van der Waals surface area contributed by atoms with Gasteiger partial charge in [0.25, 0.3) is 0 Å². The largest absolute Gasteiger partial charge is 0.467 e. The number of fused-ring (bicyclic) bond motifs is 1. The molecule has 1 N–H and O–H groups in total. The number of ether oxygens (including phenoxy) is 1. The van der Waals surface area contributed by atoms with E-state index in [0.717, 1.165) is 5.56 Å². The normalized spacial score (nSPS) is 16.6. The maximum Gasteiger partial charge on any atom is 0.339 e. The third-order valence-electron chi connectivity index (χ3n) is 3.19. The first kappa shape index (κ1) is 12.5. The molecule has 20 heavy (non-hydrogen) atoms. The van der Waals surface area contributed by atoms with E-state index in [1.54, 1.807) is 30.5 Å². The highest BCUT2D eigenvalue weighted by Gasteiger charge is 2.31. The Morgan fingerprint density at radius 2 is 2.05 bits per heavy atom. The highest BCUT2D eigenvalue weighted by atomic mass is 16.5. The van der Waals surface area contributed by atoms with Crippen molar-refractivity contribution in [3.8, 4) is 0 Å². The highest BCUT2D eigenvalue weighted by Crippen LogP contribution is 2.32. The first-order chi connectivity index (χ1) is 9.74. The minimum atomic E-state index is -0.504. The molecule has 1 aliphatic heterocycles. The van der Waals surface area contributed by atoms with Crippen LogP contribution in [0.25, 0.3) is 0 Å². The SMILES string of the molecule is O=C(C[C@@H]1OC(=O)c2ccccc21)NCc1ccco1. The van der Waals surface area contributed by atoms with Gasteiger partial charge in [-0.25, -0.2) is 4.79 Å². The van der Waals surface area contributed by atoms with E-state index in [9.17, 15) is 9.59 Å². The molecule has 0 spiro atoms. The van der Waals surface area contributed by atoms with Crippen molar-refractivity contribution in [3.05, 3.63) is 59.5 Å². The molecule has 0 unspecified atom stereocenters. The van der Waals surface area contributed by atoms with Crippen LogP contribution in [0.15, 0.2) is 47.1 Å². The van der Waals surface area contributed by atoms with Crippen LogP contribution in [0.3, 0.4) is 0 Å². The minimum absolute atomic E-state index is 0.115. The summed E-state index contributed by atoms with van der Waals surface area (Å²) in [6.07, 6.45) is 1.16. The monoisotopic (exact) mass is 271 g/mol. The maximum atomic E-state index is 11.9. The summed E-state index contributed by atoms with van der Waals surface area (Å²) in [4.78, 5) is 23.5. The summed E-state index contributed by atoms with van der Waals surface area (Å²) in [5.74, 6) is 0.127. The molecule has 1 amide bonds. The van der Waals surface area contributed by atoms with E-state index in [1.165, 1.54) is 0 Å². The average Bonchev–Trinajstić information content (AvgIpc) is 3.07. The van der Waals surface area contributed by atoms with Crippen molar-refractivity contribution < 1.29 is 18.7 Å². The second kappa shape index (κ2) is 5.21. The molecule has 1 aromatic heterocycles. The van der Waals surface area contributed by atoms with Crippen LogP contribution in [0.4, 0.5) is 0 Å². The number of amides is 1. The van der Waals surface area contributed by atoms with E-state index in [-0.39, 0.29) is 18.3 Å². The lowest BCUT2D eigenvalue weighted by molar-refractivity contribution is -0.123. The minimum Gasteiger partial charge on any atom is -0.467 e. The van der Waals surface area contributed by atoms with Crippen LogP contribution >= 0.6 is 0 Å². The van der Waals surface area contributed by atoms with Gasteiger partial charge in [0.05, 0.1) is 24.8 Å². The second-order valence-electron chi connectivity index (χ2n) is 4.54. The van der Waals surface area contributed by atoms with Gasteiger partial charge in [-0.15, -0.1) is 0 Å². The molecule has 0 fully saturated rings. The molecule has 5 nitrogen and oxygen atoms in total. The number of nitrogens with one attached hydrogen (secondary N) is 1. The van der Waals surface area contributed by atoms with Crippen molar-refractivity contribution in [2.75, 3.05) is 0 Å². The topological polar surface area (TPSA) is 68.5 Å². The van der Waals surface area contributed by atoms with Crippen LogP contribution in [-0.4, -0.2) is 11.9 Å². The Kier molecular flexibility index (Phi) is 3.25. The van der Waals surface area contributed by atoms with E-state index >= 15 is 0 Å². The predicted octanol–water partition coefficient (Wildman–Crippen LogP) is 2.20. The molecule has 5 heteroatoms. The zero-order valence-electron chi connectivity index (χ0n) is 10.7. The number of hydrogen-bond acceptors (Lipinski definition) is 4. The first-order valence-corrected chi connectivity index (χ1v) is 6.33. The summed E-state index contributed by atoms with van der Waals surface area (Å²) in [5, 5.41) is 2.73. The van der Waals surface area contributed by atoms with Gasteiger partial charge in [0.1, 0.15) is 11.9 Å². The Morgan fingerprint density at radius 3 is 2.85 bits per heavy atom. The molecule has 102 valence electrons. The fourth-order valence-corrected chi connectivity index (χ4v) is 2.21. The number of benzene rings is 1. The van der Waals surface area contributed by atoms with Crippen molar-refractivity contribution in [3.63, 3.8) is 0 Å². The Balaban J connectivity index is 1.61. The summed E-state index contributed by atoms with van der Waals surface area (Å²) in [7, 11) is 0. The first-order valence-electron chi connectivity index (χ1n) is 6.33. The number of cyclic esters (lactones) is 1. The van der Waals surface area contributed by atoms with E-state index < -0.39 is 6.10 Å². The summed E-state index contributed by atoms with van der Waals surface area (Å²) >= 11 is 0. The Labute approximate surface area is 115 Å². The zero-order chi connectivity index (χ0) is 13.9. The number of hydrogen-bond donors (Lipinski definition) is 1. The summed E-state index contributed by atoms with van der Waals surface area (Å²) in [6.45, 7) is 0.328. The maximum absolute atomic E-state index is 11.9. The van der Waals surface area contributed by atoms with Gasteiger partial charge in [0.15, 0.2) is 0 Å². The van der Waals surface area contributed by atoms with Gasteiger partial charge in [-0.3, -0.25) is 4.79 Å². The molecule has 1 aliphatic rings. The smallest absolute Gasteiger partial charge is 0.339 e. The third kappa shape index (κ3) is 2.42. The second-order valence-corrected chi connectivity index (χ2v) is 4.54. The standard InChI is InChI=1S/C15H13NO4/c17-14(16-9-10-4-3-7-19-10)8-13-11-5-1-2-6-12(11)15(18)20-13/h1-7,13H,8-9H2,(H,16,17)/t13-/m0/s1. The van der Waals surface area contributed by atoms with E-state index in [1.807, 2.05) is 12.1 Å². The lowest BCUT2D eigenvalue weighted by Crippen LogP contribution is -2.24. The average molecular weight is 271 g/mol. The van der Waals surface area contributed by atoms with Gasteiger partial charge in [-0.1, -0.05) is 18.2 Å². The van der Waals surface area contributed by atoms with Crippen LogP contribution in [0.1, 0.15) is 34.2 Å². The zero-order valence-corrected chi connectivity index (χ0v) is 10.7. The molecule has 0 radical (unpaired) electrons. The van der Waals surface area contributed by atoms with E-state index in [2.05, 4.69) is 5.32 Å². The molecule has 0 bridgehead atoms. The molecule has 0 saturated carbocycles. The molecule has 1 atom stereocenters. The van der Waals surface area contributed by atoms with Gasteiger partial charge in [0, 0.05) is 5.56 Å². The number of furan rings is 1. The summed E-state index contributed by atoms with van der Waals surface area (Å²) in [5.41, 5.74) is 1.31. The molecular formula is C15H13NO4. The van der Waals surface area contributed by atoms with Crippen LogP contribution in [-0.2, 0) is 16.1 Å². The summed E-state index contributed by atoms with van der Waals surface area (Å²) < 4.78 is 10.3. The fourth-order valence-electron chi connectivity index (χ4n) is 2.21. The van der Waals surface area contributed by atoms with Gasteiger partial charge in [-0.05, 0) is 18.2 Å². The van der Waals surface area contributed by atoms with Crippen LogP contribution in [0.2, 0.25) is 0 Å². The van der Waals surface area contributed by atoms with E-state index in [4.69, 9.17) is 9.15 Å². The molecular weight excluding hydrogens is 258 g/mol. The molecule has 1 aromatic carbocycles. The molecule has 0 saturated heterocycles. The highest BCUT2D eigenvalue weighted by molar-refractivity contribution is 5.94. The van der Waals surface area contributed by atoms with Crippen LogP contribution in [0, 0.1) is 0 Å². The van der Waals surface area contributed by atoms with Gasteiger partial charge >= 0.3 is 5.97 Å². The summed E-state index contributed by atoms with van der Waals surface area (Å²) in [6, 6.07) is 10.7. The Bertz CT molecular complexity index is 633. The van der Waals surface area contributed by atoms with Crippen molar-refractivity contribution in [2.24, 2.45) is 0 Å². The van der Waals surface area contributed by atoms with Crippen LogP contribution in [0.5, 0.6) is 0 Å². The molecule has 0 aliphatic carbocycles. The lowest BCUT2D eigenvalue weighted by atomic mass is 10.0. The van der Waals surface area contributed by atoms with Crippen molar-refractivity contribution in [1.29, 1.82) is 0 Å². The Hall–Kier alpha value is -2.56. The number of carbonyl (C=O) groups excluding carboxylic acids is 2. The van der Waals surface area contributed by atoms with E-state index in [0.29, 0.717) is 17.9 Å². The van der Waals surface area contributed by atoms with Crippen molar-refractivity contribution >= 4 is 11.9 Å². The van der Waals surface area contributed by atoms with Gasteiger partial charge in [-0.2, -0.15) is 0 Å². The third-order valence-corrected chi connectivity index (χ3v) is 3.19. The Morgan fingerprint density at radius 1 is 1.20 bits per heavy atom. The molecule has 3 rings (SSSR count). The van der Waals surface area contributed by atoms with Crippen molar-refractivity contribution in [2.45, 2.75) is 19.1 Å². The molecule has 2 aromatic rings. The fraction of sp³-hybridized carbons (Fsp3) is 0.200. The lowest BCUT2D eigenvalue weighted by Gasteiger charge is -2.10. The van der Waals surface area contributed by atoms with Gasteiger partial charge < -0.3 is 14.5 Å².